The maximum Gasteiger partial charge on any atom is 0.235 e. The molecule has 0 spiro atoms. The van der Waals surface area contributed by atoms with Crippen LogP contribution in [0, 0.1) is 29.5 Å². The first-order valence-electron chi connectivity index (χ1n) is 8.87. The van der Waals surface area contributed by atoms with Gasteiger partial charge in [-0.1, -0.05) is 6.07 Å². The number of phenols is 1. The van der Waals surface area contributed by atoms with Crippen LogP contribution in [0.2, 0.25) is 0 Å². The van der Waals surface area contributed by atoms with Gasteiger partial charge in [0.05, 0.1) is 17.6 Å². The molecule has 5 N–H and O–H groups in total. The number of aliphatic hydroxyl groups is 2. The van der Waals surface area contributed by atoms with Gasteiger partial charge in [-0.25, -0.2) is 4.39 Å². The Kier molecular flexibility index (Phi) is 4.01. The minimum atomic E-state index is -2.97. The van der Waals surface area contributed by atoms with E-state index in [0.29, 0.717) is 0 Å². The molecule has 0 bridgehead atoms. The molecular formula is C19H16FNO8. The van der Waals surface area contributed by atoms with E-state index in [1.165, 1.54) is 6.07 Å². The fraction of sp³-hybridized carbons (Fsp3) is 0.421. The normalized spacial score (nSPS) is 36.3. The summed E-state index contributed by atoms with van der Waals surface area (Å²) in [6.45, 7) is 0. The fourth-order valence-corrected chi connectivity index (χ4v) is 4.93. The Hall–Kier alpha value is -2.98. The van der Waals surface area contributed by atoms with Crippen molar-refractivity contribution in [2.45, 2.75) is 24.5 Å². The number of rotatable bonds is 1. The summed E-state index contributed by atoms with van der Waals surface area (Å²) in [6, 6.07) is 2.16. The van der Waals surface area contributed by atoms with Crippen molar-refractivity contribution in [3.05, 3.63) is 29.1 Å². The highest BCUT2D eigenvalue weighted by atomic mass is 19.1. The Labute approximate surface area is 162 Å². The van der Waals surface area contributed by atoms with Gasteiger partial charge in [-0.3, -0.25) is 24.0 Å². The molecule has 3 aliphatic carbocycles. The van der Waals surface area contributed by atoms with Gasteiger partial charge in [-0.05, 0) is 18.1 Å². The van der Waals surface area contributed by atoms with E-state index in [4.69, 9.17) is 5.73 Å². The highest BCUT2D eigenvalue weighted by Crippen LogP contribution is 2.50. The number of hydrogen-bond donors (Lipinski definition) is 4. The van der Waals surface area contributed by atoms with Crippen molar-refractivity contribution in [3.8, 4) is 5.75 Å². The molecule has 6 atom stereocenters. The Balaban J connectivity index is 1.86. The summed E-state index contributed by atoms with van der Waals surface area (Å²) in [5.74, 6) is -14.6. The number of carbonyl (C=O) groups is 5. The number of primary amides is 1. The van der Waals surface area contributed by atoms with Crippen molar-refractivity contribution in [3.63, 3.8) is 0 Å². The zero-order valence-electron chi connectivity index (χ0n) is 14.8. The molecule has 0 aromatic heterocycles. The molecule has 1 amide bonds. The van der Waals surface area contributed by atoms with Crippen LogP contribution in [0.5, 0.6) is 5.75 Å². The van der Waals surface area contributed by atoms with Crippen molar-refractivity contribution in [2.24, 2.45) is 29.4 Å². The first kappa shape index (κ1) is 19.3. The minimum absolute atomic E-state index is 0.124. The third-order valence-corrected chi connectivity index (χ3v) is 6.34. The molecule has 9 nitrogen and oxygen atoms in total. The number of benzene rings is 1. The Bertz CT molecular complexity index is 1020. The van der Waals surface area contributed by atoms with Crippen molar-refractivity contribution in [1.29, 1.82) is 0 Å². The SMILES string of the molecule is NC(=O)C1C(=O)C[C@@H]2[C@@H](O)[C@@H]3Cc4ccc(F)c(O)c4C(=O)C3C(=O)[C@]2(O)C1=O. The summed E-state index contributed by atoms with van der Waals surface area (Å²) in [5, 5.41) is 31.7. The predicted octanol–water partition coefficient (Wildman–Crippen LogP) is -1.56. The molecule has 152 valence electrons. The van der Waals surface area contributed by atoms with Crippen LogP contribution in [-0.2, 0) is 25.6 Å². The Morgan fingerprint density at radius 2 is 1.79 bits per heavy atom. The van der Waals surface area contributed by atoms with Crippen LogP contribution in [0.4, 0.5) is 4.39 Å². The topological polar surface area (TPSA) is 172 Å². The van der Waals surface area contributed by atoms with Gasteiger partial charge in [0.1, 0.15) is 0 Å². The Morgan fingerprint density at radius 3 is 2.41 bits per heavy atom. The molecular weight excluding hydrogens is 389 g/mol. The second-order valence-electron chi connectivity index (χ2n) is 7.74. The standard InChI is InChI=1S/C19H16FNO8/c20-8-2-1-5-3-6-11(15(25)10(5)14(8)24)16(26)19(29)7(13(6)23)4-9(22)12(17(19)27)18(21)28/h1-2,6-7,11-13,23-24,29H,3-4H2,(H2,21,28)/t6-,7-,11?,12?,13+,19+/m1/s1. The highest BCUT2D eigenvalue weighted by molar-refractivity contribution is 6.31. The van der Waals surface area contributed by atoms with Crippen molar-refractivity contribution < 1.29 is 43.7 Å². The zero-order valence-corrected chi connectivity index (χ0v) is 14.8. The monoisotopic (exact) mass is 405 g/mol. The van der Waals surface area contributed by atoms with Gasteiger partial charge in [-0.2, -0.15) is 0 Å². The number of Topliss-reactive ketones (excluding diaryl/α,β-unsaturated/α-hetero) is 4. The van der Waals surface area contributed by atoms with Gasteiger partial charge in [-0.15, -0.1) is 0 Å². The summed E-state index contributed by atoms with van der Waals surface area (Å²) < 4.78 is 13.7. The second-order valence-corrected chi connectivity index (χ2v) is 7.74. The molecule has 0 saturated heterocycles. The average molecular weight is 405 g/mol. The molecule has 1 aromatic carbocycles. The largest absolute Gasteiger partial charge is 0.504 e. The summed E-state index contributed by atoms with van der Waals surface area (Å²) in [4.78, 5) is 62.5. The second kappa shape index (κ2) is 6.01. The van der Waals surface area contributed by atoms with Gasteiger partial charge in [0, 0.05) is 18.3 Å². The lowest BCUT2D eigenvalue weighted by molar-refractivity contribution is -0.188. The summed E-state index contributed by atoms with van der Waals surface area (Å²) in [7, 11) is 0. The highest BCUT2D eigenvalue weighted by Gasteiger charge is 2.69. The van der Waals surface area contributed by atoms with E-state index in [1.54, 1.807) is 0 Å². The summed E-state index contributed by atoms with van der Waals surface area (Å²) >= 11 is 0. The van der Waals surface area contributed by atoms with Crippen molar-refractivity contribution in [2.75, 3.05) is 0 Å². The molecule has 4 rings (SSSR count). The molecule has 0 radical (unpaired) electrons. The minimum Gasteiger partial charge on any atom is -0.504 e. The molecule has 2 fully saturated rings. The number of nitrogens with two attached hydrogens (primary N) is 1. The maximum atomic E-state index is 13.7. The van der Waals surface area contributed by atoms with E-state index < -0.39 is 88.0 Å². The third kappa shape index (κ3) is 2.29. The maximum absolute atomic E-state index is 13.7. The molecule has 29 heavy (non-hydrogen) atoms. The molecule has 1 aromatic rings. The van der Waals surface area contributed by atoms with E-state index in [2.05, 4.69) is 0 Å². The number of phenolic OH excluding ortho intramolecular Hbond substituents is 1. The van der Waals surface area contributed by atoms with Crippen LogP contribution in [0.25, 0.3) is 0 Å². The summed E-state index contributed by atoms with van der Waals surface area (Å²) in [6.07, 6.45) is -2.39. The van der Waals surface area contributed by atoms with Crippen LogP contribution in [0.15, 0.2) is 12.1 Å². The Morgan fingerprint density at radius 1 is 1.14 bits per heavy atom. The van der Waals surface area contributed by atoms with E-state index in [9.17, 15) is 43.7 Å². The first-order valence-corrected chi connectivity index (χ1v) is 8.87. The van der Waals surface area contributed by atoms with E-state index in [-0.39, 0.29) is 12.0 Å². The van der Waals surface area contributed by atoms with Crippen LogP contribution in [0.3, 0.4) is 0 Å². The number of fused-ring (bicyclic) bond motifs is 3. The first-order chi connectivity index (χ1) is 13.5. The van der Waals surface area contributed by atoms with Gasteiger partial charge < -0.3 is 21.1 Å². The molecule has 0 heterocycles. The molecule has 0 aliphatic heterocycles. The molecule has 2 saturated carbocycles. The van der Waals surface area contributed by atoms with E-state index in [0.717, 1.165) is 6.07 Å². The van der Waals surface area contributed by atoms with Crippen molar-refractivity contribution >= 4 is 29.0 Å². The number of halogens is 1. The number of aromatic hydroxyl groups is 1. The molecule has 3 aliphatic rings. The third-order valence-electron chi connectivity index (χ3n) is 6.34. The van der Waals surface area contributed by atoms with Gasteiger partial charge in [0.2, 0.25) is 5.91 Å². The van der Waals surface area contributed by atoms with Gasteiger partial charge in [0.25, 0.3) is 0 Å². The summed E-state index contributed by atoms with van der Waals surface area (Å²) in [5.41, 5.74) is 1.82. The lowest BCUT2D eigenvalue weighted by Crippen LogP contribution is -2.72. The lowest BCUT2D eigenvalue weighted by Gasteiger charge is -2.51. The number of ketones is 4. The average Bonchev–Trinajstić information content (AvgIpc) is 2.65. The number of hydrogen-bond acceptors (Lipinski definition) is 8. The predicted molar refractivity (Wildman–Crippen MR) is 89.8 cm³/mol. The van der Waals surface area contributed by atoms with Crippen LogP contribution >= 0.6 is 0 Å². The smallest absolute Gasteiger partial charge is 0.235 e. The van der Waals surface area contributed by atoms with Crippen LogP contribution in [-0.4, -0.2) is 56.1 Å². The number of carbonyl (C=O) groups excluding carboxylic acids is 5. The van der Waals surface area contributed by atoms with Gasteiger partial charge >= 0.3 is 0 Å². The number of aliphatic hydroxyl groups excluding tert-OH is 1. The molecule has 2 unspecified atom stereocenters. The van der Waals surface area contributed by atoms with Crippen LogP contribution in [0.1, 0.15) is 22.3 Å². The fourth-order valence-electron chi connectivity index (χ4n) is 4.93. The number of amides is 1. The van der Waals surface area contributed by atoms with E-state index in [1.807, 2.05) is 0 Å². The van der Waals surface area contributed by atoms with Crippen molar-refractivity contribution in [1.82, 2.24) is 0 Å². The van der Waals surface area contributed by atoms with Crippen LogP contribution < -0.4 is 5.73 Å². The van der Waals surface area contributed by atoms with Gasteiger partial charge in [0.15, 0.2) is 46.2 Å². The quantitative estimate of drug-likeness (QED) is 0.406. The lowest BCUT2D eigenvalue weighted by atomic mass is 9.52. The van der Waals surface area contributed by atoms with E-state index >= 15 is 0 Å². The molecule has 10 heteroatoms. The zero-order chi connectivity index (χ0) is 21.4.